The molecule has 0 spiro atoms. The maximum atomic E-state index is 12.0. The molecular weight excluding hydrogens is 491 g/mol. The minimum Gasteiger partial charge on any atom is -0.417 e. The quantitative estimate of drug-likeness (QED) is 0.0951. The molecule has 5 nitrogen and oxygen atoms in total. The molecule has 1 N–H and O–H groups in total. The summed E-state index contributed by atoms with van der Waals surface area (Å²) in [5.41, 5.74) is 0.543. The Hall–Kier alpha value is -0.0425. The monoisotopic (exact) mass is 547 g/mol. The van der Waals surface area contributed by atoms with E-state index in [0.29, 0.717) is 12.1 Å². The molecule has 1 amide bonds. The first-order valence-electron chi connectivity index (χ1n) is 13.7. The van der Waals surface area contributed by atoms with E-state index in [0.717, 1.165) is 30.6 Å². The van der Waals surface area contributed by atoms with Crippen LogP contribution in [0.2, 0.25) is 63.5 Å². The van der Waals surface area contributed by atoms with Crippen LogP contribution in [0.1, 0.15) is 72.6 Å². The summed E-state index contributed by atoms with van der Waals surface area (Å²) < 4.78 is 21.6. The summed E-state index contributed by atoms with van der Waals surface area (Å²) in [4.78, 5) is 12.0. The summed E-state index contributed by atoms with van der Waals surface area (Å²) in [5.74, 6) is -0.0806. The van der Waals surface area contributed by atoms with Gasteiger partial charge in [-0.2, -0.15) is 0 Å². The van der Waals surface area contributed by atoms with E-state index in [1.54, 1.807) is 6.92 Å². The van der Waals surface area contributed by atoms with E-state index < -0.39 is 33.8 Å². The number of nitrogens with one attached hydrogen (secondary N) is 1. The molecule has 202 valence electrons. The highest BCUT2D eigenvalue weighted by Gasteiger charge is 2.51. The van der Waals surface area contributed by atoms with Crippen LogP contribution in [0.3, 0.4) is 0 Å². The van der Waals surface area contributed by atoms with Crippen molar-refractivity contribution in [1.29, 1.82) is 0 Å². The predicted molar refractivity (Wildman–Crippen MR) is 158 cm³/mol. The van der Waals surface area contributed by atoms with Crippen molar-refractivity contribution in [2.45, 2.75) is 136 Å². The van der Waals surface area contributed by atoms with E-state index in [-0.39, 0.29) is 5.91 Å². The molecule has 34 heavy (non-hydrogen) atoms. The van der Waals surface area contributed by atoms with Crippen molar-refractivity contribution in [2.75, 3.05) is 6.54 Å². The van der Waals surface area contributed by atoms with Crippen LogP contribution in [0.4, 0.5) is 0 Å². The first-order valence-corrected chi connectivity index (χ1v) is 24.9. The molecule has 0 aromatic rings. The van der Waals surface area contributed by atoms with Gasteiger partial charge in [0.25, 0.3) is 0 Å². The van der Waals surface area contributed by atoms with E-state index in [2.05, 4.69) is 71.9 Å². The number of rotatable bonds is 20. The fourth-order valence-electron chi connectivity index (χ4n) is 4.10. The van der Waals surface area contributed by atoms with Crippen LogP contribution in [0.5, 0.6) is 0 Å². The third-order valence-corrected chi connectivity index (χ3v) is 22.0. The second-order valence-electron chi connectivity index (χ2n) is 11.7. The Bertz CT molecular complexity index is 557. The van der Waals surface area contributed by atoms with Gasteiger partial charge in [0.2, 0.25) is 5.91 Å². The van der Waals surface area contributed by atoms with E-state index in [9.17, 15) is 4.79 Å². The molecular formula is C25H57NO4Si4. The van der Waals surface area contributed by atoms with Crippen LogP contribution in [-0.2, 0) is 17.1 Å². The molecule has 0 radical (unpaired) electrons. The average Bonchev–Trinajstić information content (AvgIpc) is 2.71. The number of hydrogen-bond acceptors (Lipinski definition) is 4. The number of carbonyl (C=O) groups is 1. The van der Waals surface area contributed by atoms with Gasteiger partial charge in [0.15, 0.2) is 25.0 Å². The molecule has 0 bridgehead atoms. The Kier molecular flexibility index (Phi) is 15.9. The Morgan fingerprint density at radius 3 is 1.32 bits per heavy atom. The van der Waals surface area contributed by atoms with Crippen LogP contribution in [0.25, 0.3) is 0 Å². The highest BCUT2D eigenvalue weighted by Crippen LogP contribution is 2.34. The normalized spacial score (nSPS) is 13.2. The fourth-order valence-corrected chi connectivity index (χ4v) is 22.5. The van der Waals surface area contributed by atoms with Crippen LogP contribution in [-0.4, -0.2) is 46.2 Å². The maximum Gasteiger partial charge on any atom is 0.469 e. The van der Waals surface area contributed by atoms with Crippen LogP contribution >= 0.6 is 0 Å². The van der Waals surface area contributed by atoms with E-state index in [1.165, 1.54) is 38.5 Å². The zero-order valence-corrected chi connectivity index (χ0v) is 28.3. The standard InChI is InChI=1S/C25H57NO4Si4/c1-12-15-20-31(6,7)28-34(29-32(8,9)21-16-13-2,30-33(10,11)22-17-14-3)23-18-19-26-25(27)24(4)5/h4,12-23H2,1-3,5-11H3,(H,26,27). The first-order chi connectivity index (χ1) is 15.6. The highest BCUT2D eigenvalue weighted by molar-refractivity contribution is 6.90. The molecule has 0 rings (SSSR count). The van der Waals surface area contributed by atoms with E-state index in [1.807, 2.05) is 0 Å². The summed E-state index contributed by atoms with van der Waals surface area (Å²) in [7, 11) is -8.84. The molecule has 0 saturated carbocycles. The number of carbonyl (C=O) groups excluding carboxylic acids is 1. The Morgan fingerprint density at radius 2 is 1.03 bits per heavy atom. The number of unbranched alkanes of at least 4 members (excludes halogenated alkanes) is 3. The summed E-state index contributed by atoms with van der Waals surface area (Å²) in [6.45, 7) is 26.8. The molecule has 0 saturated heterocycles. The molecule has 0 aromatic heterocycles. The van der Waals surface area contributed by atoms with Crippen molar-refractivity contribution < 1.29 is 17.1 Å². The molecule has 9 heteroatoms. The lowest BCUT2D eigenvalue weighted by Gasteiger charge is -2.45. The smallest absolute Gasteiger partial charge is 0.417 e. The summed E-state index contributed by atoms with van der Waals surface area (Å²) in [6.07, 6.45) is 7.90. The maximum absolute atomic E-state index is 12.0. The van der Waals surface area contributed by atoms with Crippen molar-refractivity contribution >= 4 is 39.7 Å². The second kappa shape index (κ2) is 15.9. The Labute approximate surface area is 216 Å². The third kappa shape index (κ3) is 15.2. The van der Waals surface area contributed by atoms with Gasteiger partial charge in [-0.15, -0.1) is 0 Å². The zero-order chi connectivity index (χ0) is 26.5. The number of hydrogen-bond donors (Lipinski definition) is 1. The number of amides is 1. The minimum absolute atomic E-state index is 0.0806. The van der Waals surface area contributed by atoms with Gasteiger partial charge in [0.1, 0.15) is 0 Å². The van der Waals surface area contributed by atoms with Crippen molar-refractivity contribution in [3.05, 3.63) is 12.2 Å². The molecule has 0 fully saturated rings. The molecule has 0 atom stereocenters. The van der Waals surface area contributed by atoms with Gasteiger partial charge < -0.3 is 17.7 Å². The van der Waals surface area contributed by atoms with Gasteiger partial charge in [-0.1, -0.05) is 65.9 Å². The lowest BCUT2D eigenvalue weighted by Crippen LogP contribution is -2.62. The lowest BCUT2D eigenvalue weighted by atomic mass is 10.3. The highest BCUT2D eigenvalue weighted by atomic mass is 28.5. The molecule has 0 aliphatic rings. The van der Waals surface area contributed by atoms with Gasteiger partial charge in [-0.25, -0.2) is 0 Å². The van der Waals surface area contributed by atoms with Crippen molar-refractivity contribution in [2.24, 2.45) is 0 Å². The van der Waals surface area contributed by atoms with Gasteiger partial charge in [-0.05, 0) is 70.8 Å². The van der Waals surface area contributed by atoms with Crippen molar-refractivity contribution in [1.82, 2.24) is 5.32 Å². The fraction of sp³-hybridized carbons (Fsp3) is 0.880. The van der Waals surface area contributed by atoms with E-state index in [4.69, 9.17) is 12.3 Å². The van der Waals surface area contributed by atoms with Crippen molar-refractivity contribution in [3.63, 3.8) is 0 Å². The Morgan fingerprint density at radius 1 is 0.676 bits per heavy atom. The van der Waals surface area contributed by atoms with Crippen LogP contribution in [0, 0.1) is 0 Å². The summed E-state index contributed by atoms with van der Waals surface area (Å²) in [6, 6.07) is 4.17. The molecule has 0 aromatic carbocycles. The predicted octanol–water partition coefficient (Wildman–Crippen LogP) is 8.07. The zero-order valence-electron chi connectivity index (χ0n) is 24.3. The summed E-state index contributed by atoms with van der Waals surface area (Å²) >= 11 is 0. The van der Waals surface area contributed by atoms with Gasteiger partial charge >= 0.3 is 8.80 Å². The summed E-state index contributed by atoms with van der Waals surface area (Å²) in [5, 5.41) is 3.00. The largest absolute Gasteiger partial charge is 0.469 e. The molecule has 0 heterocycles. The first kappa shape index (κ1) is 34.0. The van der Waals surface area contributed by atoms with Crippen LogP contribution < -0.4 is 5.32 Å². The van der Waals surface area contributed by atoms with Gasteiger partial charge in [0.05, 0.1) is 0 Å². The SMILES string of the molecule is C=C(C)C(=O)NCCC[Si](O[Si](C)(C)CCCC)(O[Si](C)(C)CCCC)O[Si](C)(C)CCCC. The minimum atomic E-state index is -2.94. The van der Waals surface area contributed by atoms with Crippen molar-refractivity contribution in [3.8, 4) is 0 Å². The molecule has 0 aliphatic carbocycles. The van der Waals surface area contributed by atoms with Gasteiger partial charge in [0, 0.05) is 18.2 Å². The van der Waals surface area contributed by atoms with Crippen LogP contribution in [0.15, 0.2) is 12.2 Å². The van der Waals surface area contributed by atoms with E-state index >= 15 is 0 Å². The lowest BCUT2D eigenvalue weighted by molar-refractivity contribution is -0.117. The molecule has 0 aliphatic heterocycles. The Balaban J connectivity index is 6.02. The third-order valence-electron chi connectivity index (χ3n) is 6.03. The second-order valence-corrected chi connectivity index (χ2v) is 28.1. The molecule has 0 unspecified atom stereocenters. The average molecular weight is 548 g/mol. The van der Waals surface area contributed by atoms with Gasteiger partial charge in [-0.3, -0.25) is 4.79 Å². The topological polar surface area (TPSA) is 56.8 Å².